The van der Waals surface area contributed by atoms with Crippen molar-refractivity contribution in [2.75, 3.05) is 13.7 Å². The Labute approximate surface area is 127 Å². The fourth-order valence-electron chi connectivity index (χ4n) is 2.44. The minimum atomic E-state index is -0.529. The molecule has 1 aliphatic rings. The first-order valence-corrected chi connectivity index (χ1v) is 7.00. The molecule has 0 aromatic carbocycles. The molecule has 0 unspecified atom stereocenters. The van der Waals surface area contributed by atoms with Gasteiger partial charge in [-0.15, -0.1) is 0 Å². The van der Waals surface area contributed by atoms with E-state index in [4.69, 9.17) is 4.42 Å². The molecule has 6 nitrogen and oxygen atoms in total. The lowest BCUT2D eigenvalue weighted by Gasteiger charge is -2.15. The zero-order valence-corrected chi connectivity index (χ0v) is 12.2. The predicted octanol–water partition coefficient (Wildman–Crippen LogP) is 1.92. The highest BCUT2D eigenvalue weighted by molar-refractivity contribution is 5.96. The summed E-state index contributed by atoms with van der Waals surface area (Å²) in [6, 6.07) is 5.33. The van der Waals surface area contributed by atoms with Crippen LogP contribution in [-0.2, 0) is 10.2 Å². The molecule has 6 heteroatoms. The second kappa shape index (κ2) is 5.63. The number of ether oxygens (including phenoxy) is 1. The molecule has 1 aliphatic carbocycles. The minimum absolute atomic E-state index is 0.00360. The summed E-state index contributed by atoms with van der Waals surface area (Å²) >= 11 is 0. The van der Waals surface area contributed by atoms with Crippen LogP contribution >= 0.6 is 0 Å². The Morgan fingerprint density at radius 1 is 1.36 bits per heavy atom. The van der Waals surface area contributed by atoms with Crippen molar-refractivity contribution in [2.45, 2.75) is 18.3 Å². The Hall–Kier alpha value is -2.63. The number of esters is 1. The number of nitrogens with zero attached hydrogens (tertiary/aromatic N) is 1. The van der Waals surface area contributed by atoms with Crippen LogP contribution in [-0.4, -0.2) is 30.5 Å². The Balaban J connectivity index is 1.63. The first kappa shape index (κ1) is 14.3. The number of hydrogen-bond donors (Lipinski definition) is 1. The highest BCUT2D eigenvalue weighted by atomic mass is 16.5. The monoisotopic (exact) mass is 300 g/mol. The summed E-state index contributed by atoms with van der Waals surface area (Å²) in [5, 5.41) is 2.87. The van der Waals surface area contributed by atoms with Crippen LogP contribution < -0.4 is 5.32 Å². The number of carbonyl (C=O) groups excluding carboxylic acids is 2. The van der Waals surface area contributed by atoms with Crippen molar-refractivity contribution in [3.8, 4) is 0 Å². The van der Waals surface area contributed by atoms with Gasteiger partial charge in [0.15, 0.2) is 5.76 Å². The lowest BCUT2D eigenvalue weighted by atomic mass is 9.97. The average Bonchev–Trinajstić information content (AvgIpc) is 3.20. The standard InChI is InChI=1S/C16H16N2O4/c1-21-15(20)11-8-13(22-9-11)14(19)18-10-16(4-5-16)12-2-6-17-7-3-12/h2-3,6-9H,4-5,10H2,1H3,(H,18,19). The second-order valence-electron chi connectivity index (χ2n) is 5.39. The molecule has 0 atom stereocenters. The van der Waals surface area contributed by atoms with Gasteiger partial charge in [-0.05, 0) is 30.5 Å². The summed E-state index contributed by atoms with van der Waals surface area (Å²) in [5.41, 5.74) is 1.40. The molecule has 3 rings (SSSR count). The summed E-state index contributed by atoms with van der Waals surface area (Å²) in [6.07, 6.45) is 6.79. The average molecular weight is 300 g/mol. The highest BCUT2D eigenvalue weighted by Crippen LogP contribution is 2.47. The molecule has 0 spiro atoms. The first-order chi connectivity index (χ1) is 10.6. The third-order valence-electron chi connectivity index (χ3n) is 3.98. The second-order valence-corrected chi connectivity index (χ2v) is 5.39. The van der Waals surface area contributed by atoms with Crippen molar-refractivity contribution in [2.24, 2.45) is 0 Å². The molecule has 0 radical (unpaired) electrons. The van der Waals surface area contributed by atoms with Crippen molar-refractivity contribution >= 4 is 11.9 Å². The van der Waals surface area contributed by atoms with Gasteiger partial charge in [0.05, 0.1) is 12.7 Å². The van der Waals surface area contributed by atoms with Gasteiger partial charge in [-0.1, -0.05) is 0 Å². The summed E-state index contributed by atoms with van der Waals surface area (Å²) < 4.78 is 9.69. The molecule has 2 aromatic rings. The van der Waals surface area contributed by atoms with Gasteiger partial charge < -0.3 is 14.5 Å². The molecular formula is C16H16N2O4. The maximum Gasteiger partial charge on any atom is 0.341 e. The van der Waals surface area contributed by atoms with Gasteiger partial charge in [0, 0.05) is 30.4 Å². The van der Waals surface area contributed by atoms with Gasteiger partial charge in [0.25, 0.3) is 5.91 Å². The number of pyridine rings is 1. The van der Waals surface area contributed by atoms with Crippen LogP contribution in [0.1, 0.15) is 39.3 Å². The predicted molar refractivity (Wildman–Crippen MR) is 77.5 cm³/mol. The van der Waals surface area contributed by atoms with Crippen LogP contribution in [0, 0.1) is 0 Å². The zero-order chi connectivity index (χ0) is 15.6. The van der Waals surface area contributed by atoms with E-state index in [1.54, 1.807) is 12.4 Å². The van der Waals surface area contributed by atoms with Crippen LogP contribution in [0.25, 0.3) is 0 Å². The van der Waals surface area contributed by atoms with Gasteiger partial charge in [-0.25, -0.2) is 4.79 Å². The molecule has 1 saturated carbocycles. The van der Waals surface area contributed by atoms with Gasteiger partial charge >= 0.3 is 5.97 Å². The fourth-order valence-corrected chi connectivity index (χ4v) is 2.44. The Bertz CT molecular complexity index is 689. The van der Waals surface area contributed by atoms with Crippen LogP contribution in [0.5, 0.6) is 0 Å². The van der Waals surface area contributed by atoms with E-state index in [-0.39, 0.29) is 22.6 Å². The summed E-state index contributed by atoms with van der Waals surface area (Å²) in [6.45, 7) is 0.532. The zero-order valence-electron chi connectivity index (χ0n) is 12.2. The molecule has 2 heterocycles. The number of nitrogens with one attached hydrogen (secondary N) is 1. The van der Waals surface area contributed by atoms with Gasteiger partial charge in [0.1, 0.15) is 6.26 Å². The molecule has 114 valence electrons. The topological polar surface area (TPSA) is 81.4 Å². The molecule has 0 saturated heterocycles. The van der Waals surface area contributed by atoms with Crippen LogP contribution in [0.15, 0.2) is 41.3 Å². The fraction of sp³-hybridized carbons (Fsp3) is 0.312. The number of aromatic nitrogens is 1. The molecule has 1 fully saturated rings. The number of carbonyl (C=O) groups is 2. The largest absolute Gasteiger partial charge is 0.465 e. The third-order valence-corrected chi connectivity index (χ3v) is 3.98. The van der Waals surface area contributed by atoms with E-state index in [2.05, 4.69) is 15.0 Å². The lowest BCUT2D eigenvalue weighted by molar-refractivity contribution is 0.0599. The van der Waals surface area contributed by atoms with Crippen molar-refractivity contribution in [3.63, 3.8) is 0 Å². The Morgan fingerprint density at radius 3 is 2.73 bits per heavy atom. The Kier molecular flexibility index (Phi) is 3.66. The number of furan rings is 1. The van der Waals surface area contributed by atoms with E-state index in [0.717, 1.165) is 12.8 Å². The quantitative estimate of drug-likeness (QED) is 0.853. The van der Waals surface area contributed by atoms with E-state index < -0.39 is 5.97 Å². The summed E-state index contributed by atoms with van der Waals surface area (Å²) in [7, 11) is 1.28. The lowest BCUT2D eigenvalue weighted by Crippen LogP contribution is -2.32. The van der Waals surface area contributed by atoms with Gasteiger partial charge in [-0.2, -0.15) is 0 Å². The summed E-state index contributed by atoms with van der Waals surface area (Å²) in [5.74, 6) is -0.764. The highest BCUT2D eigenvalue weighted by Gasteiger charge is 2.44. The van der Waals surface area contributed by atoms with E-state index in [1.165, 1.54) is 25.0 Å². The molecule has 1 N–H and O–H groups in total. The first-order valence-electron chi connectivity index (χ1n) is 7.00. The van der Waals surface area contributed by atoms with E-state index in [9.17, 15) is 9.59 Å². The molecule has 22 heavy (non-hydrogen) atoms. The van der Waals surface area contributed by atoms with E-state index in [0.29, 0.717) is 6.54 Å². The van der Waals surface area contributed by atoms with Crippen molar-refractivity contribution in [1.82, 2.24) is 10.3 Å². The minimum Gasteiger partial charge on any atom is -0.465 e. The normalized spacial score (nSPS) is 15.1. The van der Waals surface area contributed by atoms with Crippen molar-refractivity contribution in [1.29, 1.82) is 0 Å². The van der Waals surface area contributed by atoms with Crippen molar-refractivity contribution < 1.29 is 18.7 Å². The number of methoxy groups -OCH3 is 1. The van der Waals surface area contributed by atoms with Crippen LogP contribution in [0.2, 0.25) is 0 Å². The molecule has 0 bridgehead atoms. The smallest absolute Gasteiger partial charge is 0.341 e. The van der Waals surface area contributed by atoms with E-state index in [1.807, 2.05) is 12.1 Å². The number of hydrogen-bond acceptors (Lipinski definition) is 5. The molecule has 1 amide bonds. The SMILES string of the molecule is COC(=O)c1coc(C(=O)NCC2(c3ccncc3)CC2)c1. The third kappa shape index (κ3) is 2.72. The van der Waals surface area contributed by atoms with Gasteiger partial charge in [0.2, 0.25) is 0 Å². The number of rotatable bonds is 5. The molecule has 2 aromatic heterocycles. The van der Waals surface area contributed by atoms with Crippen molar-refractivity contribution in [3.05, 3.63) is 53.7 Å². The summed E-state index contributed by atoms with van der Waals surface area (Å²) in [4.78, 5) is 27.5. The van der Waals surface area contributed by atoms with Gasteiger partial charge in [-0.3, -0.25) is 9.78 Å². The number of amides is 1. The maximum absolute atomic E-state index is 12.1. The molecule has 0 aliphatic heterocycles. The van der Waals surface area contributed by atoms with Crippen LogP contribution in [0.3, 0.4) is 0 Å². The Morgan fingerprint density at radius 2 is 2.09 bits per heavy atom. The maximum atomic E-state index is 12.1. The van der Waals surface area contributed by atoms with E-state index >= 15 is 0 Å². The molecular weight excluding hydrogens is 284 g/mol. The van der Waals surface area contributed by atoms with Crippen LogP contribution in [0.4, 0.5) is 0 Å².